The zero-order valence-corrected chi connectivity index (χ0v) is 15.3. The van der Waals surface area contributed by atoms with Crippen LogP contribution in [0, 0.1) is 17.1 Å². The molecular weight excluding hydrogens is 365 g/mol. The van der Waals surface area contributed by atoms with Crippen LogP contribution in [0.2, 0.25) is 0 Å². The Bertz CT molecular complexity index is 1010. The second-order valence-electron chi connectivity index (χ2n) is 5.68. The number of thioether (sulfide) groups is 1. The van der Waals surface area contributed by atoms with E-state index in [0.29, 0.717) is 33.5 Å². The quantitative estimate of drug-likeness (QED) is 0.660. The molecule has 0 bridgehead atoms. The second kappa shape index (κ2) is 8.47. The summed E-state index contributed by atoms with van der Waals surface area (Å²) in [5.74, 6) is 0.415. The number of nitrogens with zero attached hydrogens (tertiary/aromatic N) is 4. The first-order valence-corrected chi connectivity index (χ1v) is 9.14. The highest BCUT2D eigenvalue weighted by atomic mass is 32.2. The molecule has 136 valence electrons. The predicted octanol–water partition coefficient (Wildman–Crippen LogP) is 3.61. The third kappa shape index (κ3) is 4.51. The molecule has 0 spiro atoms. The molecule has 8 heteroatoms. The summed E-state index contributed by atoms with van der Waals surface area (Å²) in [5.41, 5.74) is 1.46. The molecule has 1 aromatic heterocycles. The van der Waals surface area contributed by atoms with Gasteiger partial charge in [-0.25, -0.2) is 4.39 Å². The van der Waals surface area contributed by atoms with Gasteiger partial charge in [0.1, 0.15) is 5.82 Å². The van der Waals surface area contributed by atoms with Crippen LogP contribution in [0.4, 0.5) is 10.1 Å². The Morgan fingerprint density at radius 2 is 2.07 bits per heavy atom. The van der Waals surface area contributed by atoms with E-state index in [0.717, 1.165) is 0 Å². The van der Waals surface area contributed by atoms with Crippen molar-refractivity contribution in [3.8, 4) is 17.5 Å². The van der Waals surface area contributed by atoms with Gasteiger partial charge in [0, 0.05) is 24.9 Å². The number of hydrogen-bond donors (Lipinski definition) is 1. The van der Waals surface area contributed by atoms with E-state index in [1.54, 1.807) is 54.1 Å². The molecule has 0 saturated carbocycles. The first kappa shape index (κ1) is 18.6. The molecule has 3 rings (SSSR count). The van der Waals surface area contributed by atoms with Gasteiger partial charge in [-0.3, -0.25) is 4.79 Å². The smallest absolute Gasteiger partial charge is 0.225 e. The van der Waals surface area contributed by atoms with Crippen LogP contribution in [0.15, 0.2) is 53.7 Å². The number of amides is 1. The van der Waals surface area contributed by atoms with Crippen molar-refractivity contribution >= 4 is 23.4 Å². The molecule has 27 heavy (non-hydrogen) atoms. The third-order valence-corrected chi connectivity index (χ3v) is 4.81. The maximum atomic E-state index is 13.9. The molecule has 0 aliphatic rings. The Kier molecular flexibility index (Phi) is 5.84. The van der Waals surface area contributed by atoms with E-state index in [2.05, 4.69) is 15.5 Å². The van der Waals surface area contributed by atoms with Crippen molar-refractivity contribution in [1.82, 2.24) is 14.8 Å². The lowest BCUT2D eigenvalue weighted by Crippen LogP contribution is -2.12. The molecular formula is C19H16FN5OS. The van der Waals surface area contributed by atoms with Gasteiger partial charge in [0.2, 0.25) is 5.91 Å². The largest absolute Gasteiger partial charge is 0.326 e. The van der Waals surface area contributed by atoms with Crippen molar-refractivity contribution in [2.75, 3.05) is 11.1 Å². The fraction of sp³-hybridized carbons (Fsp3) is 0.158. The zero-order valence-electron chi connectivity index (χ0n) is 14.5. The van der Waals surface area contributed by atoms with Crippen molar-refractivity contribution in [3.05, 3.63) is 59.9 Å². The fourth-order valence-electron chi connectivity index (χ4n) is 2.44. The van der Waals surface area contributed by atoms with Gasteiger partial charge in [-0.15, -0.1) is 10.2 Å². The van der Waals surface area contributed by atoms with Crippen LogP contribution in [-0.2, 0) is 11.8 Å². The number of rotatable bonds is 6. The summed E-state index contributed by atoms with van der Waals surface area (Å²) in [4.78, 5) is 12.1. The Hall–Kier alpha value is -3.18. The van der Waals surface area contributed by atoms with E-state index >= 15 is 0 Å². The van der Waals surface area contributed by atoms with Gasteiger partial charge in [-0.2, -0.15) is 5.26 Å². The van der Waals surface area contributed by atoms with Crippen molar-refractivity contribution in [3.63, 3.8) is 0 Å². The summed E-state index contributed by atoms with van der Waals surface area (Å²) >= 11 is 1.37. The van der Waals surface area contributed by atoms with Gasteiger partial charge >= 0.3 is 0 Å². The van der Waals surface area contributed by atoms with Crippen molar-refractivity contribution in [2.24, 2.45) is 7.05 Å². The number of halogens is 1. The summed E-state index contributed by atoms with van der Waals surface area (Å²) < 4.78 is 15.6. The monoisotopic (exact) mass is 381 g/mol. The van der Waals surface area contributed by atoms with Crippen molar-refractivity contribution < 1.29 is 9.18 Å². The van der Waals surface area contributed by atoms with Gasteiger partial charge in [0.15, 0.2) is 11.0 Å². The minimum Gasteiger partial charge on any atom is -0.326 e. The van der Waals surface area contributed by atoms with E-state index in [1.165, 1.54) is 17.8 Å². The van der Waals surface area contributed by atoms with E-state index in [1.807, 2.05) is 6.07 Å². The number of hydrogen-bond acceptors (Lipinski definition) is 5. The maximum absolute atomic E-state index is 13.9. The van der Waals surface area contributed by atoms with Gasteiger partial charge < -0.3 is 9.88 Å². The highest BCUT2D eigenvalue weighted by Gasteiger charge is 2.14. The first-order chi connectivity index (χ1) is 13.1. The summed E-state index contributed by atoms with van der Waals surface area (Å²) in [6.07, 6.45) is 0.267. The first-order valence-electron chi connectivity index (χ1n) is 8.15. The minimum absolute atomic E-state index is 0.158. The van der Waals surface area contributed by atoms with Crippen LogP contribution in [0.25, 0.3) is 11.4 Å². The molecule has 0 aliphatic carbocycles. The van der Waals surface area contributed by atoms with Gasteiger partial charge in [0.25, 0.3) is 0 Å². The maximum Gasteiger partial charge on any atom is 0.225 e. The van der Waals surface area contributed by atoms with Crippen LogP contribution in [0.5, 0.6) is 0 Å². The number of aromatic nitrogens is 3. The van der Waals surface area contributed by atoms with Crippen LogP contribution < -0.4 is 5.32 Å². The normalized spacial score (nSPS) is 10.4. The molecule has 1 N–H and O–H groups in total. The van der Waals surface area contributed by atoms with E-state index < -0.39 is 0 Å². The van der Waals surface area contributed by atoms with E-state index in [-0.39, 0.29) is 18.1 Å². The van der Waals surface area contributed by atoms with E-state index in [9.17, 15) is 9.18 Å². The minimum atomic E-state index is -0.358. The summed E-state index contributed by atoms with van der Waals surface area (Å²) in [7, 11) is 1.76. The lowest BCUT2D eigenvalue weighted by molar-refractivity contribution is -0.115. The zero-order chi connectivity index (χ0) is 19.2. The topological polar surface area (TPSA) is 83.6 Å². The van der Waals surface area contributed by atoms with Crippen molar-refractivity contribution in [2.45, 2.75) is 11.6 Å². The van der Waals surface area contributed by atoms with Crippen LogP contribution in [-0.4, -0.2) is 26.4 Å². The lowest BCUT2D eigenvalue weighted by atomic mass is 10.2. The van der Waals surface area contributed by atoms with Crippen molar-refractivity contribution in [1.29, 1.82) is 5.26 Å². The van der Waals surface area contributed by atoms with Crippen LogP contribution in [0.3, 0.4) is 0 Å². The number of nitrogens with one attached hydrogen (secondary N) is 1. The summed E-state index contributed by atoms with van der Waals surface area (Å²) in [6, 6.07) is 15.2. The van der Waals surface area contributed by atoms with Gasteiger partial charge in [-0.05, 0) is 30.3 Å². The molecule has 0 aliphatic heterocycles. The number of benzene rings is 2. The molecule has 0 saturated heterocycles. The molecule has 0 atom stereocenters. The Balaban J connectivity index is 1.57. The molecule has 0 fully saturated rings. The second-order valence-corrected chi connectivity index (χ2v) is 6.75. The van der Waals surface area contributed by atoms with Crippen LogP contribution >= 0.6 is 11.8 Å². The highest BCUT2D eigenvalue weighted by Crippen LogP contribution is 2.25. The average molecular weight is 381 g/mol. The lowest BCUT2D eigenvalue weighted by Gasteiger charge is -2.06. The molecule has 1 amide bonds. The SMILES string of the molecule is Cn1c(SCCC(=O)Nc2cccc(C#N)c2)nnc1-c1ccccc1F. The third-order valence-electron chi connectivity index (χ3n) is 3.79. The standard InChI is InChI=1S/C19H16FN5OS/c1-25-18(15-7-2-3-8-16(15)20)23-24-19(25)27-10-9-17(26)22-14-6-4-5-13(11-14)12-21/h2-8,11H,9-10H2,1H3,(H,22,26). The Labute approximate surface area is 160 Å². The van der Waals surface area contributed by atoms with Crippen LogP contribution in [0.1, 0.15) is 12.0 Å². The number of carbonyl (C=O) groups excluding carboxylic acids is 1. The Morgan fingerprint density at radius 1 is 1.26 bits per heavy atom. The fourth-order valence-corrected chi connectivity index (χ4v) is 3.29. The Morgan fingerprint density at radius 3 is 2.85 bits per heavy atom. The number of nitriles is 1. The molecule has 3 aromatic rings. The molecule has 2 aromatic carbocycles. The number of carbonyl (C=O) groups is 1. The highest BCUT2D eigenvalue weighted by molar-refractivity contribution is 7.99. The van der Waals surface area contributed by atoms with Gasteiger partial charge in [0.05, 0.1) is 17.2 Å². The molecule has 6 nitrogen and oxygen atoms in total. The summed E-state index contributed by atoms with van der Waals surface area (Å²) in [6.45, 7) is 0. The number of anilines is 1. The van der Waals surface area contributed by atoms with E-state index in [4.69, 9.17) is 5.26 Å². The summed E-state index contributed by atoms with van der Waals surface area (Å²) in [5, 5.41) is 20.4. The van der Waals surface area contributed by atoms with Gasteiger partial charge in [-0.1, -0.05) is 30.0 Å². The molecule has 1 heterocycles. The molecule has 0 radical (unpaired) electrons. The predicted molar refractivity (Wildman–Crippen MR) is 102 cm³/mol. The molecule has 0 unspecified atom stereocenters. The average Bonchev–Trinajstić information content (AvgIpc) is 3.03.